The smallest absolute Gasteiger partial charge is 0.123 e. The Kier molecular flexibility index (Phi) is 5.67. The minimum atomic E-state index is 0.128. The van der Waals surface area contributed by atoms with Crippen LogP contribution in [0.5, 0.6) is 5.75 Å². The number of aryl methyl sites for hydroxylation is 1. The monoisotopic (exact) mass is 313 g/mol. The van der Waals surface area contributed by atoms with Crippen LogP contribution in [0, 0.1) is 6.92 Å². The Hall–Kier alpha value is -0.540. The molecule has 0 spiro atoms. The van der Waals surface area contributed by atoms with Gasteiger partial charge >= 0.3 is 0 Å². The Morgan fingerprint density at radius 2 is 2.00 bits per heavy atom. The van der Waals surface area contributed by atoms with Crippen LogP contribution in [0.15, 0.2) is 22.7 Å². The fourth-order valence-electron chi connectivity index (χ4n) is 1.57. The van der Waals surface area contributed by atoms with Crippen LogP contribution >= 0.6 is 15.9 Å². The fraction of sp³-hybridized carbons (Fsp3) is 0.600. The standard InChI is InChI=1S/C15H24BrNO/c1-6-13(10-17-15(3,4)5)18-14-9-12(16)8-7-11(14)2/h7-9,13,17H,6,10H2,1-5H3. The quantitative estimate of drug-likeness (QED) is 0.875. The maximum Gasteiger partial charge on any atom is 0.123 e. The zero-order valence-electron chi connectivity index (χ0n) is 12.0. The first-order valence-electron chi connectivity index (χ1n) is 6.49. The van der Waals surface area contributed by atoms with Crippen LogP contribution in [-0.2, 0) is 0 Å². The number of benzene rings is 1. The summed E-state index contributed by atoms with van der Waals surface area (Å²) in [4.78, 5) is 0. The average Bonchev–Trinajstić information content (AvgIpc) is 2.27. The van der Waals surface area contributed by atoms with Gasteiger partial charge in [0.05, 0.1) is 0 Å². The molecule has 1 aromatic rings. The molecular weight excluding hydrogens is 290 g/mol. The highest BCUT2D eigenvalue weighted by Crippen LogP contribution is 2.24. The highest BCUT2D eigenvalue weighted by atomic mass is 79.9. The molecule has 0 radical (unpaired) electrons. The van der Waals surface area contributed by atoms with E-state index in [4.69, 9.17) is 4.74 Å². The highest BCUT2D eigenvalue weighted by molar-refractivity contribution is 9.10. The van der Waals surface area contributed by atoms with E-state index in [0.29, 0.717) is 0 Å². The average molecular weight is 314 g/mol. The van der Waals surface area contributed by atoms with E-state index >= 15 is 0 Å². The molecule has 0 saturated heterocycles. The normalized spacial score (nSPS) is 13.4. The highest BCUT2D eigenvalue weighted by Gasteiger charge is 2.15. The van der Waals surface area contributed by atoms with Crippen molar-refractivity contribution < 1.29 is 4.74 Å². The number of rotatable bonds is 5. The summed E-state index contributed by atoms with van der Waals surface area (Å²) in [7, 11) is 0. The van der Waals surface area contributed by atoms with Gasteiger partial charge in [-0.15, -0.1) is 0 Å². The molecule has 0 heterocycles. The van der Waals surface area contributed by atoms with Crippen molar-refractivity contribution in [3.05, 3.63) is 28.2 Å². The van der Waals surface area contributed by atoms with Gasteiger partial charge in [0, 0.05) is 16.6 Å². The lowest BCUT2D eigenvalue weighted by atomic mass is 10.1. The molecule has 102 valence electrons. The van der Waals surface area contributed by atoms with Crippen LogP contribution in [0.3, 0.4) is 0 Å². The van der Waals surface area contributed by atoms with Crippen molar-refractivity contribution in [1.82, 2.24) is 5.32 Å². The van der Waals surface area contributed by atoms with Crippen molar-refractivity contribution in [2.45, 2.75) is 52.7 Å². The largest absolute Gasteiger partial charge is 0.489 e. The van der Waals surface area contributed by atoms with Crippen LogP contribution in [-0.4, -0.2) is 18.2 Å². The van der Waals surface area contributed by atoms with Crippen LogP contribution in [0.25, 0.3) is 0 Å². The molecule has 2 nitrogen and oxygen atoms in total. The molecule has 0 aliphatic rings. The zero-order chi connectivity index (χ0) is 13.8. The third-order valence-corrected chi connectivity index (χ3v) is 3.25. The van der Waals surface area contributed by atoms with Gasteiger partial charge in [-0.3, -0.25) is 0 Å². The molecule has 1 rings (SSSR count). The number of hydrogen-bond acceptors (Lipinski definition) is 2. The summed E-state index contributed by atoms with van der Waals surface area (Å²) < 4.78 is 7.14. The molecule has 0 aliphatic carbocycles. The molecule has 1 N–H and O–H groups in total. The van der Waals surface area contributed by atoms with Crippen molar-refractivity contribution in [2.75, 3.05) is 6.54 Å². The van der Waals surface area contributed by atoms with Crippen LogP contribution in [0.1, 0.15) is 39.7 Å². The molecule has 0 saturated carbocycles. The second-order valence-corrected chi connectivity index (χ2v) is 6.60. The van der Waals surface area contributed by atoms with E-state index in [1.54, 1.807) is 0 Å². The minimum Gasteiger partial charge on any atom is -0.489 e. The maximum absolute atomic E-state index is 6.08. The third-order valence-electron chi connectivity index (χ3n) is 2.76. The van der Waals surface area contributed by atoms with Gasteiger partial charge in [0.15, 0.2) is 0 Å². The molecule has 0 fully saturated rings. The summed E-state index contributed by atoms with van der Waals surface area (Å²) in [6, 6.07) is 6.15. The molecule has 0 aromatic heterocycles. The third kappa shape index (κ3) is 5.40. The first kappa shape index (κ1) is 15.5. The summed E-state index contributed by atoms with van der Waals surface area (Å²) >= 11 is 3.48. The van der Waals surface area contributed by atoms with E-state index in [-0.39, 0.29) is 11.6 Å². The first-order valence-corrected chi connectivity index (χ1v) is 7.29. The van der Waals surface area contributed by atoms with Gasteiger partial charge < -0.3 is 10.1 Å². The summed E-state index contributed by atoms with van der Waals surface area (Å²) in [6.07, 6.45) is 1.20. The lowest BCUT2D eigenvalue weighted by Gasteiger charge is -2.26. The van der Waals surface area contributed by atoms with Crippen LogP contribution < -0.4 is 10.1 Å². The lowest BCUT2D eigenvalue weighted by Crippen LogP contribution is -2.42. The Morgan fingerprint density at radius 1 is 1.33 bits per heavy atom. The molecule has 0 amide bonds. The summed E-state index contributed by atoms with van der Waals surface area (Å²) in [5.74, 6) is 0.965. The second-order valence-electron chi connectivity index (χ2n) is 5.69. The molecule has 0 bridgehead atoms. The van der Waals surface area contributed by atoms with Gasteiger partial charge in [-0.2, -0.15) is 0 Å². The second kappa shape index (κ2) is 6.58. The van der Waals surface area contributed by atoms with Crippen molar-refractivity contribution in [2.24, 2.45) is 0 Å². The van der Waals surface area contributed by atoms with Gasteiger partial charge in [0.2, 0.25) is 0 Å². The molecule has 1 unspecified atom stereocenters. The van der Waals surface area contributed by atoms with Crippen LogP contribution in [0.4, 0.5) is 0 Å². The first-order chi connectivity index (χ1) is 8.31. The minimum absolute atomic E-state index is 0.128. The van der Waals surface area contributed by atoms with Crippen molar-refractivity contribution in [3.63, 3.8) is 0 Å². The van der Waals surface area contributed by atoms with Crippen molar-refractivity contribution in [3.8, 4) is 5.75 Å². The lowest BCUT2D eigenvalue weighted by molar-refractivity contribution is 0.180. The van der Waals surface area contributed by atoms with Crippen LogP contribution in [0.2, 0.25) is 0 Å². The Morgan fingerprint density at radius 3 is 2.56 bits per heavy atom. The summed E-state index contributed by atoms with van der Waals surface area (Å²) in [5, 5.41) is 3.49. The summed E-state index contributed by atoms with van der Waals surface area (Å²) in [5.41, 5.74) is 1.30. The van der Waals surface area contributed by atoms with Gasteiger partial charge in [-0.05, 0) is 51.8 Å². The molecule has 1 atom stereocenters. The number of halogens is 1. The van der Waals surface area contributed by atoms with E-state index in [1.165, 1.54) is 5.56 Å². The topological polar surface area (TPSA) is 21.3 Å². The van der Waals surface area contributed by atoms with E-state index in [1.807, 2.05) is 12.1 Å². The predicted molar refractivity (Wildman–Crippen MR) is 81.3 cm³/mol. The van der Waals surface area contributed by atoms with Gasteiger partial charge in [-0.25, -0.2) is 0 Å². The molecule has 18 heavy (non-hydrogen) atoms. The summed E-state index contributed by atoms with van der Waals surface area (Å²) in [6.45, 7) is 11.6. The van der Waals surface area contributed by atoms with E-state index < -0.39 is 0 Å². The Labute approximate surface area is 119 Å². The van der Waals surface area contributed by atoms with Crippen molar-refractivity contribution >= 4 is 15.9 Å². The van der Waals surface area contributed by atoms with E-state index in [9.17, 15) is 0 Å². The maximum atomic E-state index is 6.08. The van der Waals surface area contributed by atoms with E-state index in [0.717, 1.165) is 23.2 Å². The van der Waals surface area contributed by atoms with Gasteiger partial charge in [0.1, 0.15) is 11.9 Å². The molecule has 1 aromatic carbocycles. The Bertz CT molecular complexity index is 385. The number of nitrogens with one attached hydrogen (secondary N) is 1. The predicted octanol–water partition coefficient (Wildman–Crippen LogP) is 4.30. The molecule has 0 aliphatic heterocycles. The van der Waals surface area contributed by atoms with E-state index in [2.05, 4.69) is 61.9 Å². The Balaban J connectivity index is 2.65. The number of hydrogen-bond donors (Lipinski definition) is 1. The van der Waals surface area contributed by atoms with Gasteiger partial charge in [-0.1, -0.05) is 28.9 Å². The fourth-order valence-corrected chi connectivity index (χ4v) is 1.91. The zero-order valence-corrected chi connectivity index (χ0v) is 13.6. The molecule has 3 heteroatoms. The van der Waals surface area contributed by atoms with Gasteiger partial charge in [0.25, 0.3) is 0 Å². The molecular formula is C15H24BrNO. The number of ether oxygens (including phenoxy) is 1. The SMILES string of the molecule is CCC(CNC(C)(C)C)Oc1cc(Br)ccc1C. The van der Waals surface area contributed by atoms with Crippen molar-refractivity contribution in [1.29, 1.82) is 0 Å².